The van der Waals surface area contributed by atoms with Crippen LogP contribution in [0.1, 0.15) is 38.0 Å². The minimum atomic E-state index is -0.908. The molecule has 4 rings (SSSR count). The normalized spacial score (nSPS) is 28.8. The summed E-state index contributed by atoms with van der Waals surface area (Å²) in [6, 6.07) is 15.8. The molecule has 0 N–H and O–H groups in total. The van der Waals surface area contributed by atoms with E-state index in [0.29, 0.717) is 16.7 Å². The van der Waals surface area contributed by atoms with Crippen molar-refractivity contribution in [2.75, 3.05) is 0 Å². The predicted molar refractivity (Wildman–Crippen MR) is 81.0 cm³/mol. The van der Waals surface area contributed by atoms with Gasteiger partial charge in [0.15, 0.2) is 17.3 Å². The zero-order chi connectivity index (χ0) is 15.5. The van der Waals surface area contributed by atoms with Gasteiger partial charge in [0, 0.05) is 28.5 Å². The largest absolute Gasteiger partial charge is 0.294 e. The zero-order valence-corrected chi connectivity index (χ0v) is 12.1. The van der Waals surface area contributed by atoms with Crippen LogP contribution in [0.4, 0.5) is 0 Å². The molecular weight excluding hydrogens is 276 g/mol. The second kappa shape index (κ2) is 4.23. The standard InChI is InChI=1S/C19H14O3/c1-19(18(22)11-7-3-2-4-8-11)14-15(19)17(21)13-10-6-5-9-12(13)16(14)20/h2-10,14-15H,1H3/t14-,15+,19?. The van der Waals surface area contributed by atoms with Gasteiger partial charge >= 0.3 is 0 Å². The Morgan fingerprint density at radius 3 is 1.77 bits per heavy atom. The SMILES string of the molecule is CC1(C(=O)c2ccccc2)[C@@H]2C(=O)c3ccccc3C(=O)[C@@H]21. The summed E-state index contributed by atoms with van der Waals surface area (Å²) in [5, 5.41) is 0. The van der Waals surface area contributed by atoms with Crippen molar-refractivity contribution in [1.82, 2.24) is 0 Å². The summed E-state index contributed by atoms with van der Waals surface area (Å²) < 4.78 is 0. The molecular formula is C19H14O3. The van der Waals surface area contributed by atoms with Crippen LogP contribution in [0.2, 0.25) is 0 Å². The highest BCUT2D eigenvalue weighted by atomic mass is 16.2. The van der Waals surface area contributed by atoms with Crippen LogP contribution < -0.4 is 0 Å². The first-order valence-corrected chi connectivity index (χ1v) is 7.34. The highest BCUT2D eigenvalue weighted by Crippen LogP contribution is 2.64. The molecule has 1 saturated carbocycles. The highest BCUT2D eigenvalue weighted by molar-refractivity contribution is 6.25. The van der Waals surface area contributed by atoms with Gasteiger partial charge in [-0.1, -0.05) is 61.5 Å². The molecule has 2 aromatic rings. The van der Waals surface area contributed by atoms with Gasteiger partial charge in [0.1, 0.15) is 0 Å². The van der Waals surface area contributed by atoms with Crippen LogP contribution >= 0.6 is 0 Å². The van der Waals surface area contributed by atoms with E-state index in [9.17, 15) is 14.4 Å². The number of rotatable bonds is 2. The van der Waals surface area contributed by atoms with Crippen LogP contribution in [0.3, 0.4) is 0 Å². The first-order chi connectivity index (χ1) is 10.6. The molecule has 3 nitrogen and oxygen atoms in total. The maximum Gasteiger partial charge on any atom is 0.170 e. The second-order valence-corrected chi connectivity index (χ2v) is 6.21. The van der Waals surface area contributed by atoms with Gasteiger partial charge in [-0.15, -0.1) is 0 Å². The summed E-state index contributed by atoms with van der Waals surface area (Å²) in [5.74, 6) is -1.29. The number of benzene rings is 2. The van der Waals surface area contributed by atoms with Gasteiger partial charge in [-0.05, 0) is 0 Å². The lowest BCUT2D eigenvalue weighted by molar-refractivity contribution is 0.0846. The number of ketones is 3. The lowest BCUT2D eigenvalue weighted by atomic mass is 9.90. The van der Waals surface area contributed by atoms with Gasteiger partial charge in [0.25, 0.3) is 0 Å². The molecule has 0 saturated heterocycles. The Morgan fingerprint density at radius 1 is 0.818 bits per heavy atom. The molecule has 1 unspecified atom stereocenters. The molecule has 3 atom stereocenters. The number of fused-ring (bicyclic) bond motifs is 2. The van der Waals surface area contributed by atoms with E-state index < -0.39 is 17.3 Å². The van der Waals surface area contributed by atoms with Crippen molar-refractivity contribution >= 4 is 17.3 Å². The molecule has 0 aliphatic heterocycles. The molecule has 3 heteroatoms. The minimum absolute atomic E-state index is 0.0769. The molecule has 0 heterocycles. The van der Waals surface area contributed by atoms with Gasteiger partial charge in [-0.2, -0.15) is 0 Å². The van der Waals surface area contributed by atoms with E-state index in [1.165, 1.54) is 0 Å². The maximum absolute atomic E-state index is 12.8. The summed E-state index contributed by atoms with van der Waals surface area (Å²) >= 11 is 0. The van der Waals surface area contributed by atoms with Crippen molar-refractivity contribution in [2.45, 2.75) is 6.92 Å². The van der Waals surface area contributed by atoms with Gasteiger partial charge < -0.3 is 0 Å². The monoisotopic (exact) mass is 290 g/mol. The Morgan fingerprint density at radius 2 is 1.27 bits per heavy atom. The van der Waals surface area contributed by atoms with Crippen LogP contribution in [-0.2, 0) is 0 Å². The lowest BCUT2D eigenvalue weighted by Crippen LogP contribution is -2.19. The molecule has 0 radical (unpaired) electrons. The van der Waals surface area contributed by atoms with E-state index in [0.717, 1.165) is 0 Å². The molecule has 1 fully saturated rings. The van der Waals surface area contributed by atoms with Crippen LogP contribution in [0.15, 0.2) is 54.6 Å². The summed E-state index contributed by atoms with van der Waals surface area (Å²) in [4.78, 5) is 38.1. The first-order valence-electron chi connectivity index (χ1n) is 7.34. The van der Waals surface area contributed by atoms with Crippen molar-refractivity contribution in [1.29, 1.82) is 0 Å². The summed E-state index contributed by atoms with van der Waals surface area (Å²) in [5.41, 5.74) is 0.565. The van der Waals surface area contributed by atoms with E-state index in [2.05, 4.69) is 0 Å². The quantitative estimate of drug-likeness (QED) is 0.798. The van der Waals surface area contributed by atoms with Gasteiger partial charge in [0.2, 0.25) is 0 Å². The van der Waals surface area contributed by atoms with Gasteiger partial charge in [-0.3, -0.25) is 14.4 Å². The molecule has 2 aliphatic rings. The third-order valence-electron chi connectivity index (χ3n) is 5.06. The van der Waals surface area contributed by atoms with Crippen molar-refractivity contribution in [3.05, 3.63) is 71.3 Å². The Balaban J connectivity index is 1.78. The zero-order valence-electron chi connectivity index (χ0n) is 12.1. The predicted octanol–water partition coefficient (Wildman–Crippen LogP) is 3.20. The van der Waals surface area contributed by atoms with E-state index >= 15 is 0 Å². The highest BCUT2D eigenvalue weighted by Gasteiger charge is 2.73. The van der Waals surface area contributed by atoms with Crippen molar-refractivity contribution in [3.63, 3.8) is 0 Å². The summed E-state index contributed by atoms with van der Waals surface area (Å²) in [6.45, 7) is 1.75. The molecule has 2 aliphatic carbocycles. The third kappa shape index (κ3) is 1.48. The van der Waals surface area contributed by atoms with Crippen LogP contribution in [0, 0.1) is 17.3 Å². The van der Waals surface area contributed by atoms with E-state index in [-0.39, 0.29) is 17.3 Å². The summed E-state index contributed by atoms with van der Waals surface area (Å²) in [7, 11) is 0. The lowest BCUT2D eigenvalue weighted by Gasteiger charge is -2.11. The van der Waals surface area contributed by atoms with Crippen molar-refractivity contribution in [2.24, 2.45) is 17.3 Å². The van der Waals surface area contributed by atoms with Crippen LogP contribution in [0.5, 0.6) is 0 Å². The maximum atomic E-state index is 12.8. The molecule has 0 amide bonds. The van der Waals surface area contributed by atoms with E-state index in [1.54, 1.807) is 55.5 Å². The molecule has 0 aromatic heterocycles. The first kappa shape index (κ1) is 13.1. The van der Waals surface area contributed by atoms with Crippen molar-refractivity contribution < 1.29 is 14.4 Å². The smallest absolute Gasteiger partial charge is 0.170 e. The summed E-state index contributed by atoms with van der Waals surface area (Å²) in [6.07, 6.45) is 0. The Bertz CT molecular complexity index is 779. The van der Waals surface area contributed by atoms with E-state index in [4.69, 9.17) is 0 Å². The molecule has 108 valence electrons. The van der Waals surface area contributed by atoms with Gasteiger partial charge in [-0.25, -0.2) is 0 Å². The van der Waals surface area contributed by atoms with E-state index in [1.807, 2.05) is 6.07 Å². The molecule has 0 bridgehead atoms. The number of Topliss-reactive ketones (excluding diaryl/α,β-unsaturated/α-hetero) is 3. The topological polar surface area (TPSA) is 51.2 Å². The van der Waals surface area contributed by atoms with Crippen LogP contribution in [-0.4, -0.2) is 17.3 Å². The number of carbonyl (C=O) groups is 3. The molecule has 0 spiro atoms. The Labute approximate surface area is 128 Å². The molecule has 2 aromatic carbocycles. The Hall–Kier alpha value is -2.55. The average molecular weight is 290 g/mol. The fraction of sp³-hybridized carbons (Fsp3) is 0.211. The third-order valence-corrected chi connectivity index (χ3v) is 5.06. The molecule has 22 heavy (non-hydrogen) atoms. The number of hydrogen-bond acceptors (Lipinski definition) is 3. The number of carbonyl (C=O) groups excluding carboxylic acids is 3. The fourth-order valence-electron chi connectivity index (χ4n) is 3.79. The number of hydrogen-bond donors (Lipinski definition) is 0. The minimum Gasteiger partial charge on any atom is -0.294 e. The van der Waals surface area contributed by atoms with Crippen LogP contribution in [0.25, 0.3) is 0 Å². The van der Waals surface area contributed by atoms with Crippen molar-refractivity contribution in [3.8, 4) is 0 Å². The van der Waals surface area contributed by atoms with Gasteiger partial charge in [0.05, 0.1) is 5.41 Å². The second-order valence-electron chi connectivity index (χ2n) is 6.21. The fourth-order valence-corrected chi connectivity index (χ4v) is 3.79. The Kier molecular flexibility index (Phi) is 2.52. The average Bonchev–Trinajstić information content (AvgIpc) is 3.20.